The lowest BCUT2D eigenvalue weighted by Gasteiger charge is -2.22. The van der Waals surface area contributed by atoms with Crippen LogP contribution in [0.1, 0.15) is 63.9 Å². The highest BCUT2D eigenvalue weighted by atomic mass is 16.6. The summed E-state index contributed by atoms with van der Waals surface area (Å²) in [4.78, 5) is 35.3. The second-order valence-electron chi connectivity index (χ2n) is 10.5. The third kappa shape index (κ3) is 7.57. The first-order chi connectivity index (χ1) is 16.3. The summed E-state index contributed by atoms with van der Waals surface area (Å²) in [6.07, 6.45) is 1.75. The number of amides is 2. The van der Waals surface area contributed by atoms with E-state index in [4.69, 9.17) is 4.74 Å². The van der Waals surface area contributed by atoms with E-state index in [0.29, 0.717) is 41.7 Å². The van der Waals surface area contributed by atoms with Gasteiger partial charge in [0.05, 0.1) is 12.2 Å². The molecule has 1 saturated heterocycles. The Morgan fingerprint density at radius 2 is 1.83 bits per heavy atom. The van der Waals surface area contributed by atoms with Crippen LogP contribution in [0.2, 0.25) is 0 Å². The highest BCUT2D eigenvalue weighted by molar-refractivity contribution is 5.95. The van der Waals surface area contributed by atoms with Crippen LogP contribution in [0.3, 0.4) is 0 Å². The predicted molar refractivity (Wildman–Crippen MR) is 134 cm³/mol. The van der Waals surface area contributed by atoms with Crippen molar-refractivity contribution in [1.29, 1.82) is 5.26 Å². The Morgan fingerprint density at radius 1 is 1.14 bits per heavy atom. The molecule has 0 aliphatic carbocycles. The summed E-state index contributed by atoms with van der Waals surface area (Å²) in [6.45, 7) is 12.4. The minimum absolute atomic E-state index is 0.0905. The molecule has 1 aromatic carbocycles. The summed E-state index contributed by atoms with van der Waals surface area (Å²) in [5.41, 5.74) is 0.628. The monoisotopic (exact) mass is 479 g/mol. The third-order valence-corrected chi connectivity index (χ3v) is 4.99. The minimum Gasteiger partial charge on any atom is -0.444 e. The van der Waals surface area contributed by atoms with Crippen molar-refractivity contribution in [2.24, 2.45) is 0 Å². The zero-order valence-electron chi connectivity index (χ0n) is 21.1. The number of alkyl carbamates (subject to hydrolysis) is 1. The average molecular weight is 480 g/mol. The van der Waals surface area contributed by atoms with E-state index in [2.05, 4.69) is 32.0 Å². The molecule has 3 rings (SSSR count). The summed E-state index contributed by atoms with van der Waals surface area (Å²) in [6, 6.07) is 8.96. The van der Waals surface area contributed by atoms with Gasteiger partial charge in [0.2, 0.25) is 5.95 Å². The molecule has 1 atom stereocenters. The summed E-state index contributed by atoms with van der Waals surface area (Å²) < 4.78 is 5.33. The summed E-state index contributed by atoms with van der Waals surface area (Å²) in [5.74, 6) is 0.670. The van der Waals surface area contributed by atoms with E-state index in [1.54, 1.807) is 24.3 Å². The lowest BCUT2D eigenvalue weighted by Crippen LogP contribution is -2.40. The van der Waals surface area contributed by atoms with Crippen LogP contribution in [-0.2, 0) is 4.74 Å². The third-order valence-electron chi connectivity index (χ3n) is 4.99. The Labute approximate surface area is 206 Å². The largest absolute Gasteiger partial charge is 0.444 e. The van der Waals surface area contributed by atoms with E-state index in [9.17, 15) is 14.9 Å². The zero-order valence-corrected chi connectivity index (χ0v) is 21.1. The van der Waals surface area contributed by atoms with Crippen molar-refractivity contribution in [2.75, 3.05) is 23.3 Å². The fourth-order valence-corrected chi connectivity index (χ4v) is 3.49. The second-order valence-corrected chi connectivity index (χ2v) is 10.5. The number of carbonyl (C=O) groups excluding carboxylic acids is 2. The Kier molecular flexibility index (Phi) is 7.48. The number of nitriles is 1. The number of carbonyl (C=O) groups is 2. The molecule has 2 amide bonds. The number of nitrogens with zero attached hydrogens (tertiary/aromatic N) is 4. The molecule has 1 fully saturated rings. The fourth-order valence-electron chi connectivity index (χ4n) is 3.49. The van der Waals surface area contributed by atoms with Crippen molar-refractivity contribution in [1.82, 2.24) is 20.6 Å². The summed E-state index contributed by atoms with van der Waals surface area (Å²) in [5, 5.41) is 18.5. The first kappa shape index (κ1) is 25.7. The van der Waals surface area contributed by atoms with Crippen LogP contribution in [0, 0.1) is 11.3 Å². The number of benzene rings is 1. The number of nitrogens with one attached hydrogen (secondary N) is 3. The molecule has 186 valence electrons. The lowest BCUT2D eigenvalue weighted by atomic mass is 10.1. The van der Waals surface area contributed by atoms with E-state index in [1.165, 1.54) is 6.20 Å². The van der Waals surface area contributed by atoms with Crippen LogP contribution in [-0.4, -0.2) is 52.2 Å². The number of hydrogen-bond donors (Lipinski definition) is 3. The molecule has 0 spiro atoms. The Bertz CT molecular complexity index is 1110. The van der Waals surface area contributed by atoms with Gasteiger partial charge in [-0.05, 0) is 72.2 Å². The lowest BCUT2D eigenvalue weighted by molar-refractivity contribution is 0.0508. The molecule has 2 heterocycles. The first-order valence-corrected chi connectivity index (χ1v) is 11.5. The van der Waals surface area contributed by atoms with Gasteiger partial charge in [-0.2, -0.15) is 10.2 Å². The van der Waals surface area contributed by atoms with E-state index in [-0.39, 0.29) is 17.5 Å². The summed E-state index contributed by atoms with van der Waals surface area (Å²) in [7, 11) is 0. The molecule has 1 aromatic heterocycles. The Morgan fingerprint density at radius 3 is 2.43 bits per heavy atom. The van der Waals surface area contributed by atoms with Gasteiger partial charge < -0.3 is 25.6 Å². The van der Waals surface area contributed by atoms with Crippen molar-refractivity contribution in [3.05, 3.63) is 41.6 Å². The molecule has 0 bridgehead atoms. The van der Waals surface area contributed by atoms with Gasteiger partial charge in [0, 0.05) is 29.9 Å². The van der Waals surface area contributed by atoms with Crippen molar-refractivity contribution in [3.8, 4) is 6.07 Å². The van der Waals surface area contributed by atoms with E-state index in [1.807, 2.05) is 46.4 Å². The van der Waals surface area contributed by atoms with Gasteiger partial charge in [0.15, 0.2) is 5.82 Å². The maximum atomic E-state index is 12.3. The molecule has 0 saturated carbocycles. The van der Waals surface area contributed by atoms with Crippen LogP contribution in [0.25, 0.3) is 0 Å². The smallest absolute Gasteiger partial charge is 0.407 e. The molecule has 35 heavy (non-hydrogen) atoms. The van der Waals surface area contributed by atoms with Gasteiger partial charge in [-0.3, -0.25) is 4.79 Å². The van der Waals surface area contributed by atoms with Crippen LogP contribution in [0.15, 0.2) is 30.5 Å². The van der Waals surface area contributed by atoms with Crippen molar-refractivity contribution in [3.63, 3.8) is 0 Å². The number of aromatic nitrogens is 2. The Balaban J connectivity index is 1.68. The van der Waals surface area contributed by atoms with Crippen LogP contribution >= 0.6 is 0 Å². The molecule has 2 aromatic rings. The van der Waals surface area contributed by atoms with Gasteiger partial charge >= 0.3 is 6.09 Å². The quantitative estimate of drug-likeness (QED) is 0.591. The van der Waals surface area contributed by atoms with Crippen LogP contribution in [0.4, 0.5) is 22.2 Å². The van der Waals surface area contributed by atoms with Crippen molar-refractivity contribution < 1.29 is 14.3 Å². The van der Waals surface area contributed by atoms with E-state index >= 15 is 0 Å². The highest BCUT2D eigenvalue weighted by Crippen LogP contribution is 2.23. The number of hydrogen-bond acceptors (Lipinski definition) is 8. The molecule has 10 nitrogen and oxygen atoms in total. The van der Waals surface area contributed by atoms with Gasteiger partial charge in [0.25, 0.3) is 5.91 Å². The average Bonchev–Trinajstić information content (AvgIpc) is 3.20. The number of rotatable bonds is 5. The fraction of sp³-hybridized carbons (Fsp3) is 0.480. The highest BCUT2D eigenvalue weighted by Gasteiger charge is 2.28. The summed E-state index contributed by atoms with van der Waals surface area (Å²) >= 11 is 0. The maximum Gasteiger partial charge on any atom is 0.407 e. The number of anilines is 3. The number of ether oxygens (including phenoxy) is 1. The minimum atomic E-state index is -0.562. The van der Waals surface area contributed by atoms with Crippen molar-refractivity contribution >= 4 is 29.5 Å². The maximum absolute atomic E-state index is 12.3. The predicted octanol–water partition coefficient (Wildman–Crippen LogP) is 3.72. The van der Waals surface area contributed by atoms with Crippen LogP contribution in [0.5, 0.6) is 0 Å². The molecular formula is C25H33N7O3. The normalized spacial score (nSPS) is 15.8. The molecule has 0 radical (unpaired) electrons. The second kappa shape index (κ2) is 10.2. The van der Waals surface area contributed by atoms with Gasteiger partial charge in [-0.25, -0.2) is 9.78 Å². The van der Waals surface area contributed by atoms with Gasteiger partial charge in [-0.15, -0.1) is 0 Å². The molecule has 1 aliphatic rings. The van der Waals surface area contributed by atoms with Gasteiger partial charge in [-0.1, -0.05) is 0 Å². The Hall–Kier alpha value is -3.87. The SMILES string of the molecule is CC(C)(C)NC(=O)c1ccc(Nc2nc(N3CCC(NC(=O)OC(C)(C)C)C3)ncc2C#N)cc1. The first-order valence-electron chi connectivity index (χ1n) is 11.5. The van der Waals surface area contributed by atoms with E-state index < -0.39 is 11.7 Å². The molecule has 10 heteroatoms. The van der Waals surface area contributed by atoms with Crippen LogP contribution < -0.4 is 20.9 Å². The van der Waals surface area contributed by atoms with Crippen molar-refractivity contribution in [2.45, 2.75) is 65.1 Å². The van der Waals surface area contributed by atoms with E-state index in [0.717, 1.165) is 6.42 Å². The molecule has 1 aliphatic heterocycles. The standard InChI is InChI=1S/C25H33N7O3/c1-24(2,3)31-21(33)16-7-9-18(10-8-16)28-20-17(13-26)14-27-22(30-20)32-12-11-19(15-32)29-23(34)35-25(4,5)6/h7-10,14,19H,11-12,15H2,1-6H3,(H,29,34)(H,31,33)(H,27,28,30). The molecular weight excluding hydrogens is 446 g/mol. The molecule has 1 unspecified atom stereocenters. The van der Waals surface area contributed by atoms with Gasteiger partial charge in [0.1, 0.15) is 17.2 Å². The topological polar surface area (TPSA) is 132 Å². The molecule has 3 N–H and O–H groups in total. The zero-order chi connectivity index (χ0) is 25.8.